The minimum Gasteiger partial charge on any atom is -0.361 e. The minimum absolute atomic E-state index is 1.18. The van der Waals surface area contributed by atoms with E-state index in [9.17, 15) is 0 Å². The van der Waals surface area contributed by atoms with Crippen LogP contribution in [0.15, 0.2) is 48.7 Å². The van der Waals surface area contributed by atoms with Gasteiger partial charge in [-0.3, -0.25) is 0 Å². The zero-order valence-corrected chi connectivity index (χ0v) is 9.12. The number of benzene rings is 2. The van der Waals surface area contributed by atoms with E-state index in [2.05, 4.69) is 48.3 Å². The Morgan fingerprint density at radius 1 is 1.00 bits per heavy atom. The van der Waals surface area contributed by atoms with Gasteiger partial charge in [0.15, 0.2) is 0 Å². The number of aromatic nitrogens is 1. The predicted octanol–water partition coefficient (Wildman–Crippen LogP) is 3.94. The number of nitrogens with one attached hydrogen (secondary N) is 1. The Morgan fingerprint density at radius 2 is 1.94 bits per heavy atom. The lowest BCUT2D eigenvalue weighted by atomic mass is 10.0. The van der Waals surface area contributed by atoms with Crippen LogP contribution >= 0.6 is 0 Å². The third-order valence-corrected chi connectivity index (χ3v) is 2.82. The molecule has 0 spiro atoms. The summed E-state index contributed by atoms with van der Waals surface area (Å²) in [4.78, 5) is 3.20. The summed E-state index contributed by atoms with van der Waals surface area (Å²) in [6, 6.07) is 17.9. The van der Waals surface area contributed by atoms with Gasteiger partial charge in [-0.25, -0.2) is 0 Å². The van der Waals surface area contributed by atoms with Gasteiger partial charge in [-0.2, -0.15) is 0 Å². The number of aryl methyl sites for hydroxylation is 1. The van der Waals surface area contributed by atoms with Crippen LogP contribution in [-0.4, -0.2) is 4.98 Å². The maximum absolute atomic E-state index is 3.20. The number of fused-ring (bicyclic) bond motifs is 1. The van der Waals surface area contributed by atoms with Crippen LogP contribution in [-0.2, 0) is 0 Å². The van der Waals surface area contributed by atoms with Gasteiger partial charge in [0.1, 0.15) is 0 Å². The van der Waals surface area contributed by atoms with Crippen molar-refractivity contribution in [3.63, 3.8) is 0 Å². The Bertz CT molecular complexity index is 634. The SMILES string of the molecule is Cc1c[c]cc(-c2ccc3[nH]ccc3c2)c1. The summed E-state index contributed by atoms with van der Waals surface area (Å²) in [7, 11) is 0. The van der Waals surface area contributed by atoms with Crippen LogP contribution in [0, 0.1) is 13.0 Å². The second-order valence-corrected chi connectivity index (χ2v) is 4.08. The first-order chi connectivity index (χ1) is 7.83. The average molecular weight is 206 g/mol. The average Bonchev–Trinajstić information content (AvgIpc) is 2.75. The summed E-state index contributed by atoms with van der Waals surface area (Å²) in [5.41, 5.74) is 4.89. The maximum Gasteiger partial charge on any atom is 0.0454 e. The van der Waals surface area contributed by atoms with Crippen molar-refractivity contribution in [1.82, 2.24) is 4.98 Å². The second-order valence-electron chi connectivity index (χ2n) is 4.08. The molecular formula is C15H12N. The number of H-pyrrole nitrogens is 1. The predicted molar refractivity (Wildman–Crippen MR) is 67.3 cm³/mol. The van der Waals surface area contributed by atoms with Gasteiger partial charge in [-0.05, 0) is 59.3 Å². The summed E-state index contributed by atoms with van der Waals surface area (Å²) >= 11 is 0. The van der Waals surface area contributed by atoms with Gasteiger partial charge < -0.3 is 4.98 Å². The van der Waals surface area contributed by atoms with Crippen LogP contribution in [0.1, 0.15) is 5.56 Å². The molecule has 0 saturated carbocycles. The van der Waals surface area contributed by atoms with Crippen LogP contribution < -0.4 is 0 Å². The zero-order valence-electron chi connectivity index (χ0n) is 9.12. The molecule has 1 heteroatoms. The van der Waals surface area contributed by atoms with Crippen molar-refractivity contribution in [2.75, 3.05) is 0 Å². The van der Waals surface area contributed by atoms with Crippen LogP contribution in [0.5, 0.6) is 0 Å². The van der Waals surface area contributed by atoms with Gasteiger partial charge in [-0.1, -0.05) is 18.2 Å². The number of hydrogen-bond donors (Lipinski definition) is 1. The molecule has 0 aliphatic rings. The molecule has 3 rings (SSSR count). The van der Waals surface area contributed by atoms with Gasteiger partial charge in [0.25, 0.3) is 0 Å². The van der Waals surface area contributed by atoms with Crippen molar-refractivity contribution >= 4 is 10.9 Å². The van der Waals surface area contributed by atoms with E-state index in [-0.39, 0.29) is 0 Å². The molecule has 1 nitrogen and oxygen atoms in total. The first-order valence-corrected chi connectivity index (χ1v) is 5.38. The molecule has 3 aromatic rings. The van der Waals surface area contributed by atoms with E-state index in [1.54, 1.807) is 0 Å². The standard InChI is InChI=1S/C15H12N/c1-11-3-2-4-12(9-11)13-5-6-15-14(10-13)7-8-16-15/h3-10,16H,1H3. The van der Waals surface area contributed by atoms with E-state index in [0.717, 1.165) is 0 Å². The summed E-state index contributed by atoms with van der Waals surface area (Å²) < 4.78 is 0. The Morgan fingerprint density at radius 3 is 2.81 bits per heavy atom. The largest absolute Gasteiger partial charge is 0.361 e. The zero-order chi connectivity index (χ0) is 11.0. The molecule has 0 saturated heterocycles. The fraction of sp³-hybridized carbons (Fsp3) is 0.0667. The Balaban J connectivity index is 2.18. The minimum atomic E-state index is 1.18. The highest BCUT2D eigenvalue weighted by molar-refractivity contribution is 5.85. The normalized spacial score (nSPS) is 10.8. The van der Waals surface area contributed by atoms with Crippen molar-refractivity contribution < 1.29 is 0 Å². The molecule has 0 aliphatic heterocycles. The molecular weight excluding hydrogens is 194 g/mol. The third kappa shape index (κ3) is 1.50. The summed E-state index contributed by atoms with van der Waals surface area (Å²) in [6.45, 7) is 2.09. The molecule has 0 aliphatic carbocycles. The lowest BCUT2D eigenvalue weighted by Crippen LogP contribution is -1.79. The van der Waals surface area contributed by atoms with Crippen LogP contribution in [0.25, 0.3) is 22.0 Å². The quantitative estimate of drug-likeness (QED) is 0.620. The van der Waals surface area contributed by atoms with Crippen LogP contribution in [0.4, 0.5) is 0 Å². The topological polar surface area (TPSA) is 15.8 Å². The van der Waals surface area contributed by atoms with E-state index < -0.39 is 0 Å². The summed E-state index contributed by atoms with van der Waals surface area (Å²) in [5.74, 6) is 0. The Kier molecular flexibility index (Phi) is 2.03. The monoisotopic (exact) mass is 206 g/mol. The molecule has 16 heavy (non-hydrogen) atoms. The van der Waals surface area contributed by atoms with Gasteiger partial charge in [0.2, 0.25) is 0 Å². The Labute approximate surface area is 94.7 Å². The van der Waals surface area contributed by atoms with Crippen LogP contribution in [0.2, 0.25) is 0 Å². The molecule has 0 atom stereocenters. The van der Waals surface area contributed by atoms with Crippen molar-refractivity contribution in [3.05, 3.63) is 60.3 Å². The van der Waals surface area contributed by atoms with Crippen molar-refractivity contribution in [1.29, 1.82) is 0 Å². The van der Waals surface area contributed by atoms with E-state index in [1.165, 1.54) is 27.6 Å². The number of hydrogen-bond acceptors (Lipinski definition) is 0. The molecule has 0 fully saturated rings. The maximum atomic E-state index is 3.20. The van der Waals surface area contributed by atoms with Crippen molar-refractivity contribution in [3.8, 4) is 11.1 Å². The molecule has 77 valence electrons. The molecule has 1 radical (unpaired) electrons. The Hall–Kier alpha value is -2.02. The van der Waals surface area contributed by atoms with E-state index in [1.807, 2.05) is 18.3 Å². The van der Waals surface area contributed by atoms with Crippen molar-refractivity contribution in [2.45, 2.75) is 6.92 Å². The molecule has 0 amide bonds. The summed E-state index contributed by atoms with van der Waals surface area (Å²) in [5, 5.41) is 1.25. The molecule has 0 bridgehead atoms. The molecule has 1 N–H and O–H groups in total. The molecule has 0 unspecified atom stereocenters. The first-order valence-electron chi connectivity index (χ1n) is 5.38. The fourth-order valence-corrected chi connectivity index (χ4v) is 1.99. The van der Waals surface area contributed by atoms with Gasteiger partial charge in [0, 0.05) is 11.7 Å². The molecule has 2 aromatic carbocycles. The van der Waals surface area contributed by atoms with Crippen molar-refractivity contribution in [2.24, 2.45) is 0 Å². The second kappa shape index (κ2) is 3.53. The lowest BCUT2D eigenvalue weighted by Gasteiger charge is -2.02. The molecule has 1 heterocycles. The highest BCUT2D eigenvalue weighted by Crippen LogP contribution is 2.24. The van der Waals surface area contributed by atoms with E-state index in [0.29, 0.717) is 0 Å². The highest BCUT2D eigenvalue weighted by atomic mass is 14.7. The number of rotatable bonds is 1. The van der Waals surface area contributed by atoms with E-state index >= 15 is 0 Å². The first kappa shape index (κ1) is 9.22. The van der Waals surface area contributed by atoms with Gasteiger partial charge in [0.05, 0.1) is 0 Å². The third-order valence-electron chi connectivity index (χ3n) is 2.82. The van der Waals surface area contributed by atoms with E-state index in [4.69, 9.17) is 0 Å². The highest BCUT2D eigenvalue weighted by Gasteiger charge is 2.00. The van der Waals surface area contributed by atoms with Crippen LogP contribution in [0.3, 0.4) is 0 Å². The summed E-state index contributed by atoms with van der Waals surface area (Å²) in [6.07, 6.45) is 1.97. The van der Waals surface area contributed by atoms with Gasteiger partial charge >= 0.3 is 0 Å². The lowest BCUT2D eigenvalue weighted by molar-refractivity contribution is 1.46. The number of aromatic amines is 1. The smallest absolute Gasteiger partial charge is 0.0454 e. The fourth-order valence-electron chi connectivity index (χ4n) is 1.99. The molecule has 1 aromatic heterocycles. The van der Waals surface area contributed by atoms with Gasteiger partial charge in [-0.15, -0.1) is 0 Å².